The first kappa shape index (κ1) is 14.0. The number of methoxy groups -OCH3 is 1. The largest absolute Gasteiger partial charge is 0.496 e. The van der Waals surface area contributed by atoms with E-state index in [0.29, 0.717) is 0 Å². The minimum atomic E-state index is 0.750. The van der Waals surface area contributed by atoms with Gasteiger partial charge in [-0.2, -0.15) is 0 Å². The average Bonchev–Trinajstić information content (AvgIpc) is 2.28. The van der Waals surface area contributed by atoms with Gasteiger partial charge in [0.2, 0.25) is 0 Å². The van der Waals surface area contributed by atoms with Gasteiger partial charge in [0.15, 0.2) is 0 Å². The van der Waals surface area contributed by atoms with Crippen LogP contribution >= 0.6 is 0 Å². The molecule has 0 bridgehead atoms. The summed E-state index contributed by atoms with van der Waals surface area (Å²) in [6.07, 6.45) is 2.03. The highest BCUT2D eigenvalue weighted by molar-refractivity contribution is 5.43. The molecule has 3 heteroatoms. The molecule has 1 aromatic carbocycles. The van der Waals surface area contributed by atoms with Crippen molar-refractivity contribution in [1.82, 2.24) is 5.32 Å². The van der Waals surface area contributed by atoms with E-state index in [1.807, 2.05) is 0 Å². The highest BCUT2D eigenvalue weighted by atomic mass is 16.5. The Labute approximate surface area is 104 Å². The lowest BCUT2D eigenvalue weighted by Gasteiger charge is -2.13. The molecule has 0 amide bonds. The van der Waals surface area contributed by atoms with Crippen LogP contribution in [0.15, 0.2) is 12.1 Å². The standard InChI is InChI=1S/C14H24N2O/c1-11-9-12(2)14(17-3)13(10-11)5-8-16-7-4-6-15/h9-10,16H,4-8,15H2,1-3H3. The molecule has 0 spiro atoms. The van der Waals surface area contributed by atoms with Gasteiger partial charge in [-0.3, -0.25) is 0 Å². The third kappa shape index (κ3) is 4.36. The van der Waals surface area contributed by atoms with E-state index in [2.05, 4.69) is 31.3 Å². The van der Waals surface area contributed by atoms with Gasteiger partial charge in [-0.1, -0.05) is 17.7 Å². The van der Waals surface area contributed by atoms with Crippen LogP contribution in [-0.4, -0.2) is 26.7 Å². The number of nitrogens with one attached hydrogen (secondary N) is 1. The Kier molecular flexibility index (Phi) is 6.01. The van der Waals surface area contributed by atoms with Crippen molar-refractivity contribution in [3.05, 3.63) is 28.8 Å². The summed E-state index contributed by atoms with van der Waals surface area (Å²) in [4.78, 5) is 0. The molecule has 0 fully saturated rings. The molecule has 1 rings (SSSR count). The van der Waals surface area contributed by atoms with Crippen LogP contribution in [0.4, 0.5) is 0 Å². The Morgan fingerprint density at radius 3 is 2.65 bits per heavy atom. The second-order valence-electron chi connectivity index (χ2n) is 4.42. The van der Waals surface area contributed by atoms with E-state index >= 15 is 0 Å². The molecular weight excluding hydrogens is 212 g/mol. The summed E-state index contributed by atoms with van der Waals surface area (Å²) in [5, 5.41) is 3.39. The average molecular weight is 236 g/mol. The lowest BCUT2D eigenvalue weighted by molar-refractivity contribution is 0.406. The van der Waals surface area contributed by atoms with Crippen molar-refractivity contribution < 1.29 is 4.74 Å². The van der Waals surface area contributed by atoms with Crippen molar-refractivity contribution in [2.24, 2.45) is 5.73 Å². The van der Waals surface area contributed by atoms with Gasteiger partial charge in [-0.15, -0.1) is 0 Å². The van der Waals surface area contributed by atoms with Gasteiger partial charge in [0, 0.05) is 0 Å². The maximum atomic E-state index is 5.46. The van der Waals surface area contributed by atoms with E-state index in [4.69, 9.17) is 10.5 Å². The zero-order valence-corrected chi connectivity index (χ0v) is 11.2. The Balaban J connectivity index is 2.57. The fourth-order valence-electron chi connectivity index (χ4n) is 2.10. The van der Waals surface area contributed by atoms with Crippen molar-refractivity contribution >= 4 is 0 Å². The quantitative estimate of drug-likeness (QED) is 0.710. The Bertz CT molecular complexity index is 350. The zero-order valence-electron chi connectivity index (χ0n) is 11.2. The van der Waals surface area contributed by atoms with Crippen molar-refractivity contribution in [1.29, 1.82) is 0 Å². The molecule has 3 nitrogen and oxygen atoms in total. The SMILES string of the molecule is COc1c(C)cc(C)cc1CCNCCCN. The molecule has 0 saturated heterocycles. The number of hydrogen-bond donors (Lipinski definition) is 2. The fourth-order valence-corrected chi connectivity index (χ4v) is 2.10. The first-order chi connectivity index (χ1) is 8.19. The molecule has 0 saturated carbocycles. The molecule has 0 aliphatic carbocycles. The molecule has 0 radical (unpaired) electrons. The van der Waals surface area contributed by atoms with Gasteiger partial charge in [0.05, 0.1) is 7.11 Å². The van der Waals surface area contributed by atoms with Gasteiger partial charge >= 0.3 is 0 Å². The van der Waals surface area contributed by atoms with E-state index in [1.54, 1.807) is 7.11 Å². The monoisotopic (exact) mass is 236 g/mol. The maximum Gasteiger partial charge on any atom is 0.125 e. The smallest absolute Gasteiger partial charge is 0.125 e. The minimum Gasteiger partial charge on any atom is -0.496 e. The van der Waals surface area contributed by atoms with Crippen molar-refractivity contribution in [3.8, 4) is 5.75 Å². The molecule has 3 N–H and O–H groups in total. The zero-order chi connectivity index (χ0) is 12.7. The van der Waals surface area contributed by atoms with Crippen LogP contribution < -0.4 is 15.8 Å². The molecule has 0 aliphatic heterocycles. The van der Waals surface area contributed by atoms with E-state index in [0.717, 1.165) is 38.2 Å². The molecule has 0 aliphatic rings. The van der Waals surface area contributed by atoms with Gasteiger partial charge in [0.1, 0.15) is 5.75 Å². The Hall–Kier alpha value is -1.06. The van der Waals surface area contributed by atoms with Gasteiger partial charge in [0.25, 0.3) is 0 Å². The molecule has 0 atom stereocenters. The van der Waals surface area contributed by atoms with Crippen LogP contribution in [0.25, 0.3) is 0 Å². The molecule has 1 aromatic rings. The molecule has 0 unspecified atom stereocenters. The van der Waals surface area contributed by atoms with Crippen LogP contribution in [0.2, 0.25) is 0 Å². The predicted octanol–water partition coefficient (Wildman–Crippen LogP) is 1.79. The van der Waals surface area contributed by atoms with Crippen LogP contribution in [-0.2, 0) is 6.42 Å². The summed E-state index contributed by atoms with van der Waals surface area (Å²) >= 11 is 0. The second-order valence-corrected chi connectivity index (χ2v) is 4.42. The molecule has 96 valence electrons. The first-order valence-corrected chi connectivity index (χ1v) is 6.24. The van der Waals surface area contributed by atoms with Crippen LogP contribution in [0.1, 0.15) is 23.1 Å². The van der Waals surface area contributed by atoms with E-state index in [1.165, 1.54) is 16.7 Å². The maximum absolute atomic E-state index is 5.46. The summed E-state index contributed by atoms with van der Waals surface area (Å²) in [6, 6.07) is 4.36. The van der Waals surface area contributed by atoms with Crippen LogP contribution in [0, 0.1) is 13.8 Å². The van der Waals surface area contributed by atoms with Crippen molar-refractivity contribution in [3.63, 3.8) is 0 Å². The summed E-state index contributed by atoms with van der Waals surface area (Å²) in [6.45, 7) is 6.93. The Morgan fingerprint density at radius 2 is 2.00 bits per heavy atom. The van der Waals surface area contributed by atoms with E-state index in [9.17, 15) is 0 Å². The highest BCUT2D eigenvalue weighted by Gasteiger charge is 2.06. The predicted molar refractivity (Wildman–Crippen MR) is 72.7 cm³/mol. The number of ether oxygens (including phenoxy) is 1. The summed E-state index contributed by atoms with van der Waals surface area (Å²) < 4.78 is 5.46. The molecule has 0 aromatic heterocycles. The van der Waals surface area contributed by atoms with Crippen molar-refractivity contribution in [2.45, 2.75) is 26.7 Å². The minimum absolute atomic E-state index is 0.750. The van der Waals surface area contributed by atoms with E-state index < -0.39 is 0 Å². The number of nitrogens with two attached hydrogens (primary N) is 1. The second kappa shape index (κ2) is 7.30. The number of rotatable bonds is 7. The summed E-state index contributed by atoms with van der Waals surface area (Å²) in [7, 11) is 1.74. The lowest BCUT2D eigenvalue weighted by Crippen LogP contribution is -2.21. The van der Waals surface area contributed by atoms with Crippen molar-refractivity contribution in [2.75, 3.05) is 26.7 Å². The molecule has 0 heterocycles. The summed E-state index contributed by atoms with van der Waals surface area (Å²) in [5.41, 5.74) is 9.23. The number of hydrogen-bond acceptors (Lipinski definition) is 3. The normalized spacial score (nSPS) is 10.6. The number of benzene rings is 1. The third-order valence-corrected chi connectivity index (χ3v) is 2.83. The third-order valence-electron chi connectivity index (χ3n) is 2.83. The molecule has 17 heavy (non-hydrogen) atoms. The first-order valence-electron chi connectivity index (χ1n) is 6.24. The topological polar surface area (TPSA) is 47.3 Å². The fraction of sp³-hybridized carbons (Fsp3) is 0.571. The molecular formula is C14H24N2O. The van der Waals surface area contributed by atoms with Gasteiger partial charge in [-0.05, 0) is 57.5 Å². The Morgan fingerprint density at radius 1 is 1.24 bits per heavy atom. The van der Waals surface area contributed by atoms with E-state index in [-0.39, 0.29) is 0 Å². The van der Waals surface area contributed by atoms with Crippen LogP contribution in [0.3, 0.4) is 0 Å². The lowest BCUT2D eigenvalue weighted by atomic mass is 10.0. The highest BCUT2D eigenvalue weighted by Crippen LogP contribution is 2.25. The van der Waals surface area contributed by atoms with Crippen LogP contribution in [0.5, 0.6) is 5.75 Å². The summed E-state index contributed by atoms with van der Waals surface area (Å²) in [5.74, 6) is 1.02. The number of aryl methyl sites for hydroxylation is 2. The van der Waals surface area contributed by atoms with Gasteiger partial charge in [-0.25, -0.2) is 0 Å². The van der Waals surface area contributed by atoms with Gasteiger partial charge < -0.3 is 15.8 Å².